The van der Waals surface area contributed by atoms with Crippen LogP contribution in [0.25, 0.3) is 0 Å². The minimum atomic E-state index is 0.505. The number of nitrogens with zero attached hydrogens (tertiary/aromatic N) is 1. The van der Waals surface area contributed by atoms with Gasteiger partial charge in [0.2, 0.25) is 0 Å². The van der Waals surface area contributed by atoms with Gasteiger partial charge < -0.3 is 9.64 Å². The topological polar surface area (TPSA) is 12.5 Å². The van der Waals surface area contributed by atoms with Gasteiger partial charge in [0.25, 0.3) is 0 Å². The summed E-state index contributed by atoms with van der Waals surface area (Å²) in [5.74, 6) is 0. The fourth-order valence-corrected chi connectivity index (χ4v) is 1.28. The van der Waals surface area contributed by atoms with E-state index in [1.807, 2.05) is 27.7 Å². The van der Waals surface area contributed by atoms with Gasteiger partial charge in [-0.05, 0) is 13.0 Å². The lowest BCUT2D eigenvalue weighted by molar-refractivity contribution is 0.109. The molecule has 1 fully saturated rings. The molecule has 2 nitrogen and oxygen atoms in total. The lowest BCUT2D eigenvalue weighted by Gasteiger charge is -2.11. The van der Waals surface area contributed by atoms with E-state index in [4.69, 9.17) is 4.74 Å². The lowest BCUT2D eigenvalue weighted by Crippen LogP contribution is -2.22. The van der Waals surface area contributed by atoms with Crippen LogP contribution in [0.1, 0.15) is 41.0 Å². The Morgan fingerprint density at radius 1 is 1.23 bits per heavy atom. The van der Waals surface area contributed by atoms with Gasteiger partial charge in [0.15, 0.2) is 0 Å². The minimum absolute atomic E-state index is 0.505. The van der Waals surface area contributed by atoms with Crippen molar-refractivity contribution in [3.05, 3.63) is 0 Å². The third-order valence-electron chi connectivity index (χ3n) is 2.01. The Bertz CT molecular complexity index is 76.2. The fraction of sp³-hybridized carbons (Fsp3) is 1.00. The highest BCUT2D eigenvalue weighted by Gasteiger charge is 2.19. The summed E-state index contributed by atoms with van der Waals surface area (Å²) in [6, 6.07) is 0. The Balaban J connectivity index is 0. The van der Waals surface area contributed by atoms with Gasteiger partial charge in [-0.2, -0.15) is 0 Å². The smallest absolute Gasteiger partial charge is 0.0710 e. The summed E-state index contributed by atoms with van der Waals surface area (Å²) in [5, 5.41) is 0. The van der Waals surface area contributed by atoms with Gasteiger partial charge in [-0.15, -0.1) is 0 Å². The minimum Gasteiger partial charge on any atom is -0.380 e. The van der Waals surface area contributed by atoms with Crippen LogP contribution in [0.15, 0.2) is 0 Å². The van der Waals surface area contributed by atoms with Gasteiger partial charge >= 0.3 is 0 Å². The zero-order valence-electron chi connectivity index (χ0n) is 10.3. The molecule has 0 aromatic heterocycles. The summed E-state index contributed by atoms with van der Waals surface area (Å²) in [6.45, 7) is 13.7. The Labute approximate surface area is 84.3 Å². The number of rotatable bonds is 2. The van der Waals surface area contributed by atoms with E-state index in [2.05, 4.69) is 11.8 Å². The van der Waals surface area contributed by atoms with Crippen LogP contribution < -0.4 is 0 Å². The highest BCUT2D eigenvalue weighted by Crippen LogP contribution is 2.10. The molecule has 1 unspecified atom stereocenters. The second kappa shape index (κ2) is 11.9. The third-order valence-corrected chi connectivity index (χ3v) is 2.01. The Morgan fingerprint density at radius 2 is 1.77 bits per heavy atom. The number of hydrogen-bond donors (Lipinski definition) is 0. The van der Waals surface area contributed by atoms with Crippen LogP contribution >= 0.6 is 0 Å². The van der Waals surface area contributed by atoms with E-state index < -0.39 is 0 Å². The Kier molecular flexibility index (Phi) is 14.1. The normalized spacial score (nSPS) is 21.2. The highest BCUT2D eigenvalue weighted by molar-refractivity contribution is 4.73. The van der Waals surface area contributed by atoms with Crippen LogP contribution in [0.4, 0.5) is 0 Å². The zero-order valence-corrected chi connectivity index (χ0v) is 10.3. The van der Waals surface area contributed by atoms with E-state index in [-0.39, 0.29) is 0 Å². The van der Waals surface area contributed by atoms with Gasteiger partial charge in [0, 0.05) is 20.2 Å². The van der Waals surface area contributed by atoms with Crippen LogP contribution in [0.2, 0.25) is 0 Å². The molecule has 1 aliphatic rings. The van der Waals surface area contributed by atoms with E-state index in [9.17, 15) is 0 Å². The van der Waals surface area contributed by atoms with Crippen LogP contribution in [-0.2, 0) is 4.74 Å². The van der Waals surface area contributed by atoms with Crippen molar-refractivity contribution < 1.29 is 4.74 Å². The number of hydrogen-bond acceptors (Lipinski definition) is 2. The van der Waals surface area contributed by atoms with Crippen molar-refractivity contribution in [2.45, 2.75) is 47.1 Å². The second-order valence-electron chi connectivity index (χ2n) is 2.54. The average molecular weight is 189 g/mol. The average Bonchev–Trinajstić information content (AvgIpc) is 2.71. The molecule has 0 saturated carbocycles. The second-order valence-corrected chi connectivity index (χ2v) is 2.54. The van der Waals surface area contributed by atoms with E-state index in [1.54, 1.807) is 7.11 Å². The van der Waals surface area contributed by atoms with Crippen LogP contribution in [0.3, 0.4) is 0 Å². The van der Waals surface area contributed by atoms with Crippen LogP contribution in [-0.4, -0.2) is 37.7 Å². The zero-order chi connectivity index (χ0) is 10.7. The molecular weight excluding hydrogens is 162 g/mol. The first-order valence-electron chi connectivity index (χ1n) is 5.62. The first kappa shape index (κ1) is 15.4. The van der Waals surface area contributed by atoms with Crippen molar-refractivity contribution in [2.75, 3.05) is 26.7 Å². The number of likely N-dealkylation sites (N-methyl/N-ethyl adjacent to an activating group) is 1. The first-order chi connectivity index (χ1) is 6.36. The summed E-state index contributed by atoms with van der Waals surface area (Å²) in [6.07, 6.45) is 1.72. The van der Waals surface area contributed by atoms with E-state index >= 15 is 0 Å². The number of ether oxygens (including phenoxy) is 1. The van der Waals surface area contributed by atoms with Gasteiger partial charge in [-0.1, -0.05) is 34.6 Å². The van der Waals surface area contributed by atoms with Crippen molar-refractivity contribution >= 4 is 0 Å². The molecule has 1 atom stereocenters. The molecule has 1 saturated heterocycles. The monoisotopic (exact) mass is 189 g/mol. The van der Waals surface area contributed by atoms with E-state index in [1.165, 1.54) is 19.5 Å². The Hall–Kier alpha value is -0.0800. The highest BCUT2D eigenvalue weighted by atomic mass is 16.5. The molecule has 0 amide bonds. The molecule has 0 bridgehead atoms. The molecule has 0 spiro atoms. The molecule has 1 heterocycles. The molecule has 1 aliphatic heterocycles. The molecule has 0 N–H and O–H groups in total. The molecule has 82 valence electrons. The fourth-order valence-electron chi connectivity index (χ4n) is 1.28. The largest absolute Gasteiger partial charge is 0.380 e. The maximum absolute atomic E-state index is 5.20. The molecule has 1 rings (SSSR count). The van der Waals surface area contributed by atoms with Gasteiger partial charge in [0.1, 0.15) is 0 Å². The molecule has 0 aliphatic carbocycles. The van der Waals surface area contributed by atoms with Crippen LogP contribution in [0, 0.1) is 0 Å². The predicted octanol–water partition coefficient (Wildman–Crippen LogP) is 2.78. The summed E-state index contributed by atoms with van der Waals surface area (Å²) in [5.41, 5.74) is 0. The van der Waals surface area contributed by atoms with Crippen molar-refractivity contribution in [1.29, 1.82) is 0 Å². The third kappa shape index (κ3) is 7.03. The standard InChI is InChI=1S/C7H15NO.2C2H6/c1-3-8-5-4-7(6-8)9-2;2*1-2/h7H,3-6H2,1-2H3;2*1-2H3. The Morgan fingerprint density at radius 3 is 2.00 bits per heavy atom. The van der Waals surface area contributed by atoms with E-state index in [0.717, 1.165) is 6.54 Å². The summed E-state index contributed by atoms with van der Waals surface area (Å²) in [7, 11) is 1.80. The van der Waals surface area contributed by atoms with Crippen molar-refractivity contribution in [2.24, 2.45) is 0 Å². The molecular formula is C11H27NO. The van der Waals surface area contributed by atoms with Gasteiger partial charge in [-0.3, -0.25) is 0 Å². The van der Waals surface area contributed by atoms with E-state index in [0.29, 0.717) is 6.10 Å². The molecule has 0 aromatic rings. The molecule has 0 aromatic carbocycles. The van der Waals surface area contributed by atoms with Crippen LogP contribution in [0.5, 0.6) is 0 Å². The SMILES string of the molecule is CC.CC.CCN1CCC(OC)C1. The first-order valence-corrected chi connectivity index (χ1v) is 5.62. The number of likely N-dealkylation sites (tertiary alicyclic amines) is 1. The summed E-state index contributed by atoms with van der Waals surface area (Å²) < 4.78 is 5.20. The maximum atomic E-state index is 5.20. The molecule has 0 radical (unpaired) electrons. The lowest BCUT2D eigenvalue weighted by atomic mass is 10.3. The van der Waals surface area contributed by atoms with Gasteiger partial charge in [-0.25, -0.2) is 0 Å². The predicted molar refractivity (Wildman–Crippen MR) is 60.2 cm³/mol. The summed E-state index contributed by atoms with van der Waals surface area (Å²) >= 11 is 0. The molecule has 2 heteroatoms. The van der Waals surface area contributed by atoms with Crippen molar-refractivity contribution in [3.8, 4) is 0 Å². The maximum Gasteiger partial charge on any atom is 0.0710 e. The van der Waals surface area contributed by atoms with Crippen molar-refractivity contribution in [3.63, 3.8) is 0 Å². The number of methoxy groups -OCH3 is 1. The quantitative estimate of drug-likeness (QED) is 0.662. The van der Waals surface area contributed by atoms with Crippen molar-refractivity contribution in [1.82, 2.24) is 4.90 Å². The molecule has 13 heavy (non-hydrogen) atoms. The van der Waals surface area contributed by atoms with Gasteiger partial charge in [0.05, 0.1) is 6.10 Å². The summed E-state index contributed by atoms with van der Waals surface area (Å²) in [4.78, 5) is 2.41.